The van der Waals surface area contributed by atoms with E-state index in [-0.39, 0.29) is 10.8 Å². The number of benzene rings is 6. The molecule has 1 aliphatic carbocycles. The third kappa shape index (κ3) is 4.06. The standard InChI is InChI=1S/C44H40OSi/c1-43(2)38-22-13-14-24-40(38)45-42-39(44(43,3)4)23-15-25-41(42)46(5,6)29-26-27-36-34-20-10-9-18-32(34)30-16-7-8-17-31(30)33-19-11-12-21-35(33)37(36)28-29/h7-28H,1-6H3. The molecule has 0 spiro atoms. The second-order valence-corrected chi connectivity index (χ2v) is 18.9. The van der Waals surface area contributed by atoms with Crippen molar-refractivity contribution < 1.29 is 4.74 Å². The van der Waals surface area contributed by atoms with Gasteiger partial charge in [0.15, 0.2) is 0 Å². The van der Waals surface area contributed by atoms with Crippen molar-refractivity contribution in [1.29, 1.82) is 0 Å². The first-order valence-electron chi connectivity index (χ1n) is 16.4. The zero-order valence-electron chi connectivity index (χ0n) is 27.6. The smallest absolute Gasteiger partial charge is 0.131 e. The van der Waals surface area contributed by atoms with Crippen molar-refractivity contribution in [2.24, 2.45) is 0 Å². The molecule has 0 bridgehead atoms. The van der Waals surface area contributed by atoms with E-state index in [0.29, 0.717) is 0 Å². The minimum Gasteiger partial charge on any atom is -0.457 e. The summed E-state index contributed by atoms with van der Waals surface area (Å²) in [7, 11) is -2.29. The van der Waals surface area contributed by atoms with Gasteiger partial charge >= 0.3 is 0 Å². The van der Waals surface area contributed by atoms with Gasteiger partial charge in [0.1, 0.15) is 19.6 Å². The first-order chi connectivity index (χ1) is 22.1. The van der Waals surface area contributed by atoms with Gasteiger partial charge < -0.3 is 4.74 Å². The minimum atomic E-state index is -2.29. The highest BCUT2D eigenvalue weighted by molar-refractivity contribution is 7.01. The molecule has 46 heavy (non-hydrogen) atoms. The van der Waals surface area contributed by atoms with Crippen LogP contribution in [-0.4, -0.2) is 8.07 Å². The van der Waals surface area contributed by atoms with Gasteiger partial charge in [0.2, 0.25) is 0 Å². The zero-order valence-corrected chi connectivity index (χ0v) is 28.6. The SMILES string of the molecule is CC1(C)c2ccccc2Oc2c(cccc2[Si](C)(C)c2ccc3c(c2)-c2ccccc2-c2ccccc2-c2ccccc2-3)C1(C)C. The van der Waals surface area contributed by atoms with E-state index in [1.54, 1.807) is 0 Å². The largest absolute Gasteiger partial charge is 0.457 e. The molecule has 0 saturated heterocycles. The quantitative estimate of drug-likeness (QED) is 0.177. The molecule has 0 saturated carbocycles. The van der Waals surface area contributed by atoms with E-state index in [2.05, 4.69) is 174 Å². The Morgan fingerprint density at radius 3 is 1.43 bits per heavy atom. The lowest BCUT2D eigenvalue weighted by Gasteiger charge is -2.42. The van der Waals surface area contributed by atoms with Gasteiger partial charge in [-0.15, -0.1) is 0 Å². The highest BCUT2D eigenvalue weighted by atomic mass is 28.3. The van der Waals surface area contributed by atoms with Crippen LogP contribution in [0.1, 0.15) is 38.8 Å². The monoisotopic (exact) mass is 612 g/mol. The molecule has 0 atom stereocenters. The van der Waals surface area contributed by atoms with Crippen molar-refractivity contribution in [1.82, 2.24) is 0 Å². The average molecular weight is 613 g/mol. The van der Waals surface area contributed by atoms with Crippen molar-refractivity contribution in [3.05, 3.63) is 145 Å². The van der Waals surface area contributed by atoms with Gasteiger partial charge in [-0.25, -0.2) is 0 Å². The van der Waals surface area contributed by atoms with E-state index in [9.17, 15) is 0 Å². The van der Waals surface area contributed by atoms with E-state index in [1.807, 2.05) is 0 Å². The van der Waals surface area contributed by atoms with Crippen LogP contribution in [-0.2, 0) is 10.8 Å². The zero-order chi connectivity index (χ0) is 31.8. The normalized spacial score (nSPS) is 15.3. The van der Waals surface area contributed by atoms with E-state index in [0.717, 1.165) is 11.5 Å². The third-order valence-electron chi connectivity index (χ3n) is 11.4. The summed E-state index contributed by atoms with van der Waals surface area (Å²) in [6, 6.07) is 49.5. The Balaban J connectivity index is 1.36. The minimum absolute atomic E-state index is 0.116. The molecule has 0 fully saturated rings. The topological polar surface area (TPSA) is 9.23 Å². The number of hydrogen-bond donors (Lipinski definition) is 0. The molecule has 1 aliphatic heterocycles. The Labute approximate surface area is 274 Å². The first kappa shape index (κ1) is 28.8. The number of ether oxygens (including phenoxy) is 1. The molecule has 0 unspecified atom stereocenters. The molecule has 6 aromatic carbocycles. The van der Waals surface area contributed by atoms with Gasteiger partial charge in [-0.1, -0.05) is 173 Å². The Morgan fingerprint density at radius 2 is 0.870 bits per heavy atom. The lowest BCUT2D eigenvalue weighted by Crippen LogP contribution is -2.53. The Bertz CT molecular complexity index is 2160. The van der Waals surface area contributed by atoms with Crippen molar-refractivity contribution in [2.45, 2.75) is 51.6 Å². The molecule has 8 rings (SSSR count). The number of para-hydroxylation sites is 2. The van der Waals surface area contributed by atoms with Gasteiger partial charge in [0.05, 0.1) is 0 Å². The molecule has 0 aromatic heterocycles. The summed E-state index contributed by atoms with van der Waals surface area (Å²) in [6.45, 7) is 14.5. The van der Waals surface area contributed by atoms with E-state index in [4.69, 9.17) is 4.74 Å². The lowest BCUT2D eigenvalue weighted by atomic mass is 9.61. The molecule has 226 valence electrons. The molecule has 0 N–H and O–H groups in total. The maximum absolute atomic E-state index is 7.04. The summed E-state index contributed by atoms with van der Waals surface area (Å²) in [5.74, 6) is 2.02. The highest BCUT2D eigenvalue weighted by Crippen LogP contribution is 2.53. The molecule has 0 amide bonds. The van der Waals surface area contributed by atoms with Gasteiger partial charge in [0, 0.05) is 22.0 Å². The van der Waals surface area contributed by atoms with Crippen LogP contribution < -0.4 is 15.1 Å². The highest BCUT2D eigenvalue weighted by Gasteiger charge is 2.46. The number of hydrogen-bond acceptors (Lipinski definition) is 1. The summed E-state index contributed by atoms with van der Waals surface area (Å²) >= 11 is 0. The van der Waals surface area contributed by atoms with Gasteiger partial charge in [-0.3, -0.25) is 0 Å². The molecular formula is C44H40OSi. The van der Waals surface area contributed by atoms with E-state index in [1.165, 1.54) is 66.0 Å². The van der Waals surface area contributed by atoms with Crippen LogP contribution in [0.15, 0.2) is 133 Å². The molecule has 1 heterocycles. The van der Waals surface area contributed by atoms with Crippen LogP contribution in [0.25, 0.3) is 44.5 Å². The summed E-state index contributed by atoms with van der Waals surface area (Å²) in [6.07, 6.45) is 0. The van der Waals surface area contributed by atoms with Crippen LogP contribution in [0, 0.1) is 0 Å². The lowest BCUT2D eigenvalue weighted by molar-refractivity contribution is 0.306. The van der Waals surface area contributed by atoms with E-state index >= 15 is 0 Å². The third-order valence-corrected chi connectivity index (χ3v) is 14.9. The number of fused-ring (bicyclic) bond motifs is 10. The fraction of sp³-hybridized carbons (Fsp3) is 0.182. The second kappa shape index (κ2) is 10.2. The molecule has 6 aromatic rings. The van der Waals surface area contributed by atoms with Crippen LogP contribution in [0.4, 0.5) is 0 Å². The maximum Gasteiger partial charge on any atom is 0.131 e. The van der Waals surface area contributed by atoms with Crippen molar-refractivity contribution in [3.63, 3.8) is 0 Å². The molecule has 1 nitrogen and oxygen atoms in total. The summed E-state index contributed by atoms with van der Waals surface area (Å²) < 4.78 is 7.04. The summed E-state index contributed by atoms with van der Waals surface area (Å²) in [4.78, 5) is 0. The van der Waals surface area contributed by atoms with Crippen LogP contribution in [0.3, 0.4) is 0 Å². The maximum atomic E-state index is 7.04. The van der Waals surface area contributed by atoms with Gasteiger partial charge in [-0.2, -0.15) is 0 Å². The van der Waals surface area contributed by atoms with Gasteiger partial charge in [-0.05, 0) is 55.8 Å². The predicted octanol–water partition coefficient (Wildman–Crippen LogP) is 10.9. The van der Waals surface area contributed by atoms with E-state index < -0.39 is 8.07 Å². The van der Waals surface area contributed by atoms with Gasteiger partial charge in [0.25, 0.3) is 0 Å². The fourth-order valence-electron chi connectivity index (χ4n) is 7.89. The van der Waals surface area contributed by atoms with Crippen molar-refractivity contribution in [2.75, 3.05) is 0 Å². The van der Waals surface area contributed by atoms with Crippen LogP contribution in [0.2, 0.25) is 13.1 Å². The first-order valence-corrected chi connectivity index (χ1v) is 19.4. The molecule has 0 radical (unpaired) electrons. The Morgan fingerprint density at radius 1 is 0.435 bits per heavy atom. The summed E-state index contributed by atoms with van der Waals surface area (Å²) in [5, 5.41) is 2.74. The predicted molar refractivity (Wildman–Crippen MR) is 198 cm³/mol. The average Bonchev–Trinajstić information content (AvgIpc) is 3.13. The second-order valence-electron chi connectivity index (χ2n) is 14.6. The van der Waals surface area contributed by atoms with Crippen LogP contribution >= 0.6 is 0 Å². The molecular weight excluding hydrogens is 573 g/mol. The van der Waals surface area contributed by atoms with Crippen molar-refractivity contribution >= 4 is 18.4 Å². The molecule has 2 heteroatoms. The Kier molecular flexibility index (Phi) is 6.36. The number of rotatable bonds is 2. The molecule has 2 aliphatic rings. The Hall–Kier alpha value is -4.66. The fourth-order valence-corrected chi connectivity index (χ4v) is 10.5. The summed E-state index contributed by atoms with van der Waals surface area (Å²) in [5.41, 5.74) is 12.6. The van der Waals surface area contributed by atoms with Crippen molar-refractivity contribution in [3.8, 4) is 56.0 Å². The van der Waals surface area contributed by atoms with Crippen LogP contribution in [0.5, 0.6) is 11.5 Å².